The second-order valence-corrected chi connectivity index (χ2v) is 20.9. The van der Waals surface area contributed by atoms with Gasteiger partial charge in [0.25, 0.3) is 0 Å². The number of rotatable bonds is 57. The smallest absolute Gasteiger partial charge is 0.306 e. The first-order chi connectivity index (χ1) is 39.5. The molecule has 0 rings (SSSR count). The van der Waals surface area contributed by atoms with E-state index < -0.39 is 6.10 Å². The molecule has 80 heavy (non-hydrogen) atoms. The monoisotopic (exact) mass is 1100 g/mol. The number of hydrogen-bond acceptors (Lipinski definition) is 6. The van der Waals surface area contributed by atoms with Crippen molar-refractivity contribution in [1.82, 2.24) is 0 Å². The van der Waals surface area contributed by atoms with E-state index in [0.29, 0.717) is 19.3 Å². The average Bonchev–Trinajstić information content (AvgIpc) is 3.46. The van der Waals surface area contributed by atoms with E-state index in [4.69, 9.17) is 14.2 Å². The van der Waals surface area contributed by atoms with Crippen molar-refractivity contribution in [3.63, 3.8) is 0 Å². The van der Waals surface area contributed by atoms with Crippen molar-refractivity contribution < 1.29 is 28.6 Å². The molecule has 0 N–H and O–H groups in total. The Hall–Kier alpha value is -4.97. The largest absolute Gasteiger partial charge is 0.462 e. The molecular formula is C74H118O6. The van der Waals surface area contributed by atoms with Gasteiger partial charge in [-0.15, -0.1) is 0 Å². The predicted octanol–water partition coefficient (Wildman–Crippen LogP) is 22.5. The second kappa shape index (κ2) is 66.5. The summed E-state index contributed by atoms with van der Waals surface area (Å²) >= 11 is 0. The Balaban J connectivity index is 4.29. The van der Waals surface area contributed by atoms with Gasteiger partial charge < -0.3 is 14.2 Å². The minimum atomic E-state index is -0.800. The molecule has 0 heterocycles. The number of unbranched alkanes of at least 4 members (excludes halogenated alkanes) is 20. The van der Waals surface area contributed by atoms with Gasteiger partial charge in [-0.2, -0.15) is 0 Å². The number of esters is 3. The molecule has 0 fully saturated rings. The molecule has 0 aromatic carbocycles. The molecule has 0 aliphatic heterocycles. The van der Waals surface area contributed by atoms with Crippen LogP contribution in [0.3, 0.4) is 0 Å². The lowest BCUT2D eigenvalue weighted by molar-refractivity contribution is -0.167. The molecule has 0 aliphatic carbocycles. The van der Waals surface area contributed by atoms with Crippen LogP contribution >= 0.6 is 0 Å². The van der Waals surface area contributed by atoms with Crippen LogP contribution in [0.2, 0.25) is 0 Å². The molecule has 0 saturated heterocycles. The van der Waals surface area contributed by atoms with Crippen LogP contribution in [0, 0.1) is 0 Å². The fourth-order valence-corrected chi connectivity index (χ4v) is 8.48. The first-order valence-electron chi connectivity index (χ1n) is 32.5. The standard InChI is InChI=1S/C74H118O6/c1-4-7-10-13-16-19-21-23-25-27-29-31-33-34-35-36-37-38-39-40-42-43-45-47-49-51-53-55-58-61-64-67-73(76)79-70-71(69-78-72(75)66-63-60-57-18-15-12-9-6-3)80-74(77)68-65-62-59-56-54-52-50-48-46-44-41-32-30-28-26-24-22-20-17-14-11-8-5-2/h7-8,10-11,16-17,19-20,23-26,29-32,34-35,37-38,40,42,45,47,51,53,71H,4-6,9,12-15,18,21-22,27-28,33,36,39,41,43-44,46,48-50,52,54-70H2,1-3H3/b10-7-,11-8-,19-16-,20-17-,25-23-,26-24-,31-29-,32-30-,35-34-,38-37-,42-40-,47-45-,53-51-. The number of allylic oxidation sites excluding steroid dienone is 26. The van der Waals surface area contributed by atoms with E-state index >= 15 is 0 Å². The summed E-state index contributed by atoms with van der Waals surface area (Å²) in [6, 6.07) is 0. The van der Waals surface area contributed by atoms with Crippen LogP contribution in [0.15, 0.2) is 158 Å². The quantitative estimate of drug-likeness (QED) is 0.0261. The van der Waals surface area contributed by atoms with E-state index in [-0.39, 0.29) is 31.1 Å². The van der Waals surface area contributed by atoms with Crippen LogP contribution in [0.1, 0.15) is 271 Å². The summed E-state index contributed by atoms with van der Waals surface area (Å²) in [6.45, 7) is 6.35. The first kappa shape index (κ1) is 75.0. The van der Waals surface area contributed by atoms with Gasteiger partial charge in [-0.3, -0.25) is 14.4 Å². The third-order valence-electron chi connectivity index (χ3n) is 13.3. The van der Waals surface area contributed by atoms with Crippen molar-refractivity contribution >= 4 is 17.9 Å². The molecule has 1 unspecified atom stereocenters. The Bertz CT molecular complexity index is 1790. The molecule has 0 aliphatic rings. The lowest BCUT2D eigenvalue weighted by Crippen LogP contribution is -2.30. The van der Waals surface area contributed by atoms with Gasteiger partial charge in [0, 0.05) is 19.3 Å². The highest BCUT2D eigenvalue weighted by molar-refractivity contribution is 5.71. The Labute approximate surface area is 492 Å². The van der Waals surface area contributed by atoms with Crippen LogP contribution in [-0.4, -0.2) is 37.2 Å². The van der Waals surface area contributed by atoms with Gasteiger partial charge in [0.05, 0.1) is 0 Å². The molecular weight excluding hydrogens is 985 g/mol. The van der Waals surface area contributed by atoms with E-state index in [2.05, 4.69) is 179 Å². The highest BCUT2D eigenvalue weighted by Crippen LogP contribution is 2.15. The molecule has 0 radical (unpaired) electrons. The Morgan fingerprint density at radius 3 is 0.775 bits per heavy atom. The lowest BCUT2D eigenvalue weighted by Gasteiger charge is -2.18. The molecule has 0 aromatic heterocycles. The van der Waals surface area contributed by atoms with Crippen molar-refractivity contribution in [3.8, 4) is 0 Å². The molecule has 0 aromatic rings. The minimum Gasteiger partial charge on any atom is -0.462 e. The molecule has 1 atom stereocenters. The van der Waals surface area contributed by atoms with Gasteiger partial charge in [0.1, 0.15) is 13.2 Å². The van der Waals surface area contributed by atoms with Crippen molar-refractivity contribution in [2.45, 2.75) is 277 Å². The normalized spacial score (nSPS) is 13.2. The molecule has 0 saturated carbocycles. The Morgan fingerprint density at radius 1 is 0.263 bits per heavy atom. The van der Waals surface area contributed by atoms with E-state index in [9.17, 15) is 14.4 Å². The highest BCUT2D eigenvalue weighted by Gasteiger charge is 2.19. The summed E-state index contributed by atoms with van der Waals surface area (Å²) in [5.41, 5.74) is 0. The van der Waals surface area contributed by atoms with Crippen LogP contribution in [0.5, 0.6) is 0 Å². The third kappa shape index (κ3) is 63.9. The number of ether oxygens (including phenoxy) is 3. The van der Waals surface area contributed by atoms with Crippen molar-refractivity contribution in [2.24, 2.45) is 0 Å². The summed E-state index contributed by atoms with van der Waals surface area (Å²) in [4.78, 5) is 38.2. The first-order valence-corrected chi connectivity index (χ1v) is 32.5. The topological polar surface area (TPSA) is 78.9 Å². The maximum absolute atomic E-state index is 12.9. The third-order valence-corrected chi connectivity index (χ3v) is 13.3. The van der Waals surface area contributed by atoms with E-state index in [0.717, 1.165) is 148 Å². The van der Waals surface area contributed by atoms with Crippen LogP contribution in [0.25, 0.3) is 0 Å². The van der Waals surface area contributed by atoms with Gasteiger partial charge in [-0.25, -0.2) is 0 Å². The van der Waals surface area contributed by atoms with E-state index in [1.54, 1.807) is 0 Å². The van der Waals surface area contributed by atoms with Crippen molar-refractivity contribution in [3.05, 3.63) is 158 Å². The fourth-order valence-electron chi connectivity index (χ4n) is 8.48. The molecule has 0 amide bonds. The maximum Gasteiger partial charge on any atom is 0.306 e. The van der Waals surface area contributed by atoms with Gasteiger partial charge in [0.15, 0.2) is 6.10 Å². The molecule has 6 nitrogen and oxygen atoms in total. The fraction of sp³-hybridized carbons (Fsp3) is 0.608. The Kier molecular flexibility index (Phi) is 62.4. The van der Waals surface area contributed by atoms with Gasteiger partial charge in [-0.05, 0) is 128 Å². The highest BCUT2D eigenvalue weighted by atomic mass is 16.6. The minimum absolute atomic E-state index is 0.0946. The molecule has 450 valence electrons. The zero-order chi connectivity index (χ0) is 57.8. The SMILES string of the molecule is CC/C=C\C/C=C\C/C=C\C/C=C\C/C=C\C/C=C\C/C=C\C/C=C\C/C=C\CCCCCC(=O)OCC(COC(=O)CCCCCCCCCC)OC(=O)CCCCCCCCCCCC/C=C\C/C=C\C/C=C\C/C=C\CC. The molecule has 0 bridgehead atoms. The molecule has 0 spiro atoms. The zero-order valence-electron chi connectivity index (χ0n) is 51.5. The van der Waals surface area contributed by atoms with Gasteiger partial charge >= 0.3 is 17.9 Å². The predicted molar refractivity (Wildman–Crippen MR) is 348 cm³/mol. The lowest BCUT2D eigenvalue weighted by atomic mass is 10.0. The van der Waals surface area contributed by atoms with E-state index in [1.807, 2.05) is 0 Å². The Morgan fingerprint density at radius 2 is 0.487 bits per heavy atom. The van der Waals surface area contributed by atoms with Crippen LogP contribution in [0.4, 0.5) is 0 Å². The van der Waals surface area contributed by atoms with Crippen molar-refractivity contribution in [2.75, 3.05) is 13.2 Å². The van der Waals surface area contributed by atoms with Crippen LogP contribution < -0.4 is 0 Å². The average molecular weight is 1100 g/mol. The summed E-state index contributed by atoms with van der Waals surface area (Å²) < 4.78 is 16.8. The number of carbonyl (C=O) groups excluding carboxylic acids is 3. The summed E-state index contributed by atoms with van der Waals surface area (Å²) in [5, 5.41) is 0. The van der Waals surface area contributed by atoms with Gasteiger partial charge in [0.2, 0.25) is 0 Å². The van der Waals surface area contributed by atoms with Gasteiger partial charge in [-0.1, -0.05) is 281 Å². The summed E-state index contributed by atoms with van der Waals surface area (Å²) in [7, 11) is 0. The number of carbonyl (C=O) groups is 3. The zero-order valence-corrected chi connectivity index (χ0v) is 51.5. The maximum atomic E-state index is 12.9. The van der Waals surface area contributed by atoms with E-state index in [1.165, 1.54) is 83.5 Å². The van der Waals surface area contributed by atoms with Crippen LogP contribution in [-0.2, 0) is 28.6 Å². The number of hydrogen-bond donors (Lipinski definition) is 0. The second-order valence-electron chi connectivity index (χ2n) is 20.9. The molecule has 6 heteroatoms. The van der Waals surface area contributed by atoms with Crippen molar-refractivity contribution in [1.29, 1.82) is 0 Å². The summed E-state index contributed by atoms with van der Waals surface area (Å²) in [6.07, 6.45) is 96.9. The summed E-state index contributed by atoms with van der Waals surface area (Å²) in [5.74, 6) is -0.940.